The molecular formula is C18H23NO. The average Bonchev–Trinajstić information content (AvgIpc) is 3.06. The van der Waals surface area contributed by atoms with E-state index in [2.05, 4.69) is 35.2 Å². The molecule has 0 spiro atoms. The van der Waals surface area contributed by atoms with Crippen LogP contribution in [0.2, 0.25) is 0 Å². The second kappa shape index (κ2) is 5.45. The Morgan fingerprint density at radius 2 is 1.95 bits per heavy atom. The summed E-state index contributed by atoms with van der Waals surface area (Å²) in [5, 5.41) is 10.1. The van der Waals surface area contributed by atoms with E-state index in [1.807, 2.05) is 19.9 Å². The van der Waals surface area contributed by atoms with E-state index in [1.165, 1.54) is 36.0 Å². The molecule has 1 aromatic carbocycles. The number of benzene rings is 1. The van der Waals surface area contributed by atoms with Crippen molar-refractivity contribution in [3.63, 3.8) is 0 Å². The highest BCUT2D eigenvalue weighted by Crippen LogP contribution is 2.24. The van der Waals surface area contributed by atoms with Crippen LogP contribution in [0.3, 0.4) is 0 Å². The average molecular weight is 269 g/mol. The van der Waals surface area contributed by atoms with Crippen molar-refractivity contribution in [3.05, 3.63) is 58.9 Å². The van der Waals surface area contributed by atoms with Gasteiger partial charge in [-0.2, -0.15) is 0 Å². The number of rotatable bonds is 4. The topological polar surface area (TPSA) is 25.2 Å². The molecule has 0 amide bonds. The van der Waals surface area contributed by atoms with E-state index in [-0.39, 0.29) is 12.0 Å². The van der Waals surface area contributed by atoms with E-state index in [0.29, 0.717) is 0 Å². The van der Waals surface area contributed by atoms with Gasteiger partial charge >= 0.3 is 0 Å². The molecule has 1 unspecified atom stereocenters. The number of aromatic nitrogens is 1. The highest BCUT2D eigenvalue weighted by molar-refractivity contribution is 5.35. The molecule has 1 N–H and O–H groups in total. The van der Waals surface area contributed by atoms with Crippen LogP contribution in [-0.4, -0.2) is 9.67 Å². The molecule has 106 valence electrons. The van der Waals surface area contributed by atoms with Crippen LogP contribution in [0.4, 0.5) is 0 Å². The van der Waals surface area contributed by atoms with E-state index >= 15 is 0 Å². The zero-order valence-electron chi connectivity index (χ0n) is 12.3. The first-order valence-corrected chi connectivity index (χ1v) is 7.58. The summed E-state index contributed by atoms with van der Waals surface area (Å²) in [4.78, 5) is 0. The summed E-state index contributed by atoms with van der Waals surface area (Å²) >= 11 is 0. The molecule has 0 saturated heterocycles. The Hall–Kier alpha value is -1.54. The summed E-state index contributed by atoms with van der Waals surface area (Å²) in [6, 6.07) is 8.90. The highest BCUT2D eigenvalue weighted by Gasteiger charge is 2.14. The van der Waals surface area contributed by atoms with Gasteiger partial charge in [-0.15, -0.1) is 0 Å². The van der Waals surface area contributed by atoms with Crippen LogP contribution in [0.25, 0.3) is 0 Å². The van der Waals surface area contributed by atoms with E-state index < -0.39 is 0 Å². The third-order valence-electron chi connectivity index (χ3n) is 4.27. The van der Waals surface area contributed by atoms with Crippen LogP contribution >= 0.6 is 0 Å². The summed E-state index contributed by atoms with van der Waals surface area (Å²) in [5.41, 5.74) is 5.42. The van der Waals surface area contributed by atoms with Gasteiger partial charge in [-0.25, -0.2) is 0 Å². The maximum Gasteiger partial charge on any atom is 0.0827 e. The van der Waals surface area contributed by atoms with Gasteiger partial charge in [0.25, 0.3) is 0 Å². The molecule has 1 aliphatic rings. The summed E-state index contributed by atoms with van der Waals surface area (Å²) in [5.74, 6) is 0.255. The first kappa shape index (κ1) is 13.4. The maximum absolute atomic E-state index is 10.1. The lowest BCUT2D eigenvalue weighted by molar-refractivity contribution is 0.127. The second-order valence-electron chi connectivity index (χ2n) is 6.26. The summed E-state index contributed by atoms with van der Waals surface area (Å²) in [7, 11) is 0. The van der Waals surface area contributed by atoms with Gasteiger partial charge in [0, 0.05) is 18.9 Å². The van der Waals surface area contributed by atoms with Crippen molar-refractivity contribution in [2.75, 3.05) is 0 Å². The van der Waals surface area contributed by atoms with Crippen LogP contribution in [0.5, 0.6) is 0 Å². The zero-order valence-corrected chi connectivity index (χ0v) is 12.3. The van der Waals surface area contributed by atoms with Crippen LogP contribution < -0.4 is 0 Å². The molecule has 2 aromatic rings. The maximum atomic E-state index is 10.1. The normalized spacial score (nSPS) is 15.6. The van der Waals surface area contributed by atoms with Crippen molar-refractivity contribution >= 4 is 0 Å². The van der Waals surface area contributed by atoms with Crippen LogP contribution in [-0.2, 0) is 19.4 Å². The van der Waals surface area contributed by atoms with Gasteiger partial charge in [0.1, 0.15) is 0 Å². The van der Waals surface area contributed by atoms with E-state index in [4.69, 9.17) is 0 Å². The second-order valence-corrected chi connectivity index (χ2v) is 6.26. The molecule has 0 bridgehead atoms. The van der Waals surface area contributed by atoms with Gasteiger partial charge < -0.3 is 9.67 Å². The number of fused-ring (bicyclic) bond motifs is 1. The van der Waals surface area contributed by atoms with Crippen molar-refractivity contribution in [2.45, 2.75) is 45.8 Å². The van der Waals surface area contributed by atoms with Gasteiger partial charge in [-0.3, -0.25) is 0 Å². The van der Waals surface area contributed by atoms with Gasteiger partial charge in [0.05, 0.1) is 6.10 Å². The third-order valence-corrected chi connectivity index (χ3v) is 4.27. The Balaban J connectivity index is 1.75. The van der Waals surface area contributed by atoms with Gasteiger partial charge in [-0.05, 0) is 53.5 Å². The Labute approximate surface area is 121 Å². The van der Waals surface area contributed by atoms with Crippen molar-refractivity contribution in [2.24, 2.45) is 5.92 Å². The highest BCUT2D eigenvalue weighted by atomic mass is 16.3. The predicted octanol–water partition coefficient (Wildman–Crippen LogP) is 3.71. The van der Waals surface area contributed by atoms with Crippen LogP contribution in [0.1, 0.15) is 48.6 Å². The fourth-order valence-corrected chi connectivity index (χ4v) is 3.05. The zero-order chi connectivity index (χ0) is 14.1. The monoisotopic (exact) mass is 269 g/mol. The number of aliphatic hydroxyl groups is 1. The SMILES string of the molecule is CC(C)C(O)c1ccn(Cc2ccc3c(c2)CCC3)c1. The van der Waals surface area contributed by atoms with E-state index in [0.717, 1.165) is 12.1 Å². The van der Waals surface area contributed by atoms with E-state index in [9.17, 15) is 5.11 Å². The van der Waals surface area contributed by atoms with Crippen molar-refractivity contribution in [3.8, 4) is 0 Å². The van der Waals surface area contributed by atoms with Crippen molar-refractivity contribution in [1.29, 1.82) is 0 Å². The fourth-order valence-electron chi connectivity index (χ4n) is 3.05. The molecule has 0 saturated carbocycles. The smallest absolute Gasteiger partial charge is 0.0827 e. The minimum atomic E-state index is -0.365. The lowest BCUT2D eigenvalue weighted by atomic mass is 10.0. The third kappa shape index (κ3) is 2.66. The summed E-state index contributed by atoms with van der Waals surface area (Å²) in [6.45, 7) is 4.98. The number of nitrogens with zero attached hydrogens (tertiary/aromatic N) is 1. The predicted molar refractivity (Wildman–Crippen MR) is 81.8 cm³/mol. The molecule has 0 radical (unpaired) electrons. The van der Waals surface area contributed by atoms with Gasteiger partial charge in [-0.1, -0.05) is 32.0 Å². The molecule has 3 rings (SSSR count). The Bertz CT molecular complexity index is 597. The van der Waals surface area contributed by atoms with Gasteiger partial charge in [0.15, 0.2) is 0 Å². The summed E-state index contributed by atoms with van der Waals surface area (Å²) in [6.07, 6.45) is 7.53. The van der Waals surface area contributed by atoms with Gasteiger partial charge in [0.2, 0.25) is 0 Å². The lowest BCUT2D eigenvalue weighted by Crippen LogP contribution is -2.04. The fraction of sp³-hybridized carbons (Fsp3) is 0.444. The first-order chi connectivity index (χ1) is 9.63. The largest absolute Gasteiger partial charge is 0.388 e. The van der Waals surface area contributed by atoms with E-state index in [1.54, 1.807) is 0 Å². The molecule has 1 atom stereocenters. The number of aliphatic hydroxyl groups excluding tert-OH is 1. The molecule has 1 heterocycles. The summed E-state index contributed by atoms with van der Waals surface area (Å²) < 4.78 is 2.16. The number of hydrogen-bond donors (Lipinski definition) is 1. The molecule has 0 aliphatic heterocycles. The molecule has 0 fully saturated rings. The molecule has 1 aliphatic carbocycles. The Kier molecular flexibility index (Phi) is 3.66. The molecular weight excluding hydrogens is 246 g/mol. The first-order valence-electron chi connectivity index (χ1n) is 7.58. The standard InChI is InChI=1S/C18H23NO/c1-13(2)18(20)17-8-9-19(12-17)11-14-6-7-15-4-3-5-16(15)10-14/h6-10,12-13,18,20H,3-5,11H2,1-2H3. The number of aryl methyl sites for hydroxylation is 2. The molecule has 2 heteroatoms. The number of hydrogen-bond acceptors (Lipinski definition) is 1. The quantitative estimate of drug-likeness (QED) is 0.899. The Morgan fingerprint density at radius 1 is 1.15 bits per heavy atom. The van der Waals surface area contributed by atoms with Crippen molar-refractivity contribution in [1.82, 2.24) is 4.57 Å². The minimum Gasteiger partial charge on any atom is -0.388 e. The lowest BCUT2D eigenvalue weighted by Gasteiger charge is -2.12. The van der Waals surface area contributed by atoms with Crippen LogP contribution in [0, 0.1) is 5.92 Å². The van der Waals surface area contributed by atoms with Crippen molar-refractivity contribution < 1.29 is 5.11 Å². The molecule has 20 heavy (non-hydrogen) atoms. The Morgan fingerprint density at radius 3 is 2.75 bits per heavy atom. The van der Waals surface area contributed by atoms with Crippen LogP contribution in [0.15, 0.2) is 36.7 Å². The molecule has 2 nitrogen and oxygen atoms in total. The molecule has 1 aromatic heterocycles. The minimum absolute atomic E-state index is 0.255.